The summed E-state index contributed by atoms with van der Waals surface area (Å²) in [5.41, 5.74) is 0. The monoisotopic (exact) mass is 276 g/mol. The minimum Gasteiger partial charge on any atom is -0.317 e. The van der Waals surface area contributed by atoms with Crippen LogP contribution in [-0.4, -0.2) is 44.7 Å². The first-order valence-corrected chi connectivity index (χ1v) is 8.74. The minimum atomic E-state index is -3.07. The van der Waals surface area contributed by atoms with E-state index in [1.165, 1.54) is 6.42 Å². The van der Waals surface area contributed by atoms with Gasteiger partial charge in [-0.3, -0.25) is 0 Å². The molecule has 1 saturated carbocycles. The van der Waals surface area contributed by atoms with Crippen LogP contribution in [0.4, 0.5) is 0 Å². The molecule has 0 aliphatic heterocycles. The Morgan fingerprint density at radius 3 is 2.67 bits per heavy atom. The first-order valence-electron chi connectivity index (χ1n) is 7.13. The van der Waals surface area contributed by atoms with Crippen molar-refractivity contribution in [1.82, 2.24) is 9.62 Å². The summed E-state index contributed by atoms with van der Waals surface area (Å²) >= 11 is 0. The second kappa shape index (κ2) is 7.46. The van der Waals surface area contributed by atoms with Crippen LogP contribution in [0.2, 0.25) is 0 Å². The van der Waals surface area contributed by atoms with Crippen LogP contribution >= 0.6 is 0 Å². The summed E-state index contributed by atoms with van der Waals surface area (Å²) in [6.07, 6.45) is 5.13. The molecule has 1 rings (SSSR count). The lowest BCUT2D eigenvalue weighted by Gasteiger charge is -2.33. The van der Waals surface area contributed by atoms with Gasteiger partial charge in [0, 0.05) is 13.1 Å². The van der Waals surface area contributed by atoms with E-state index in [-0.39, 0.29) is 11.8 Å². The van der Waals surface area contributed by atoms with Crippen LogP contribution in [0.15, 0.2) is 0 Å². The third kappa shape index (κ3) is 4.86. The zero-order valence-corrected chi connectivity index (χ0v) is 12.8. The molecule has 1 aliphatic carbocycles. The smallest absolute Gasteiger partial charge is 0.214 e. The molecule has 0 radical (unpaired) electrons. The molecule has 0 aromatic heterocycles. The van der Waals surface area contributed by atoms with Crippen LogP contribution in [0.25, 0.3) is 0 Å². The fourth-order valence-corrected chi connectivity index (χ4v) is 4.10. The lowest BCUT2D eigenvalue weighted by molar-refractivity contribution is 0.239. The molecule has 2 atom stereocenters. The molecule has 0 spiro atoms. The molecule has 5 heteroatoms. The summed E-state index contributed by atoms with van der Waals surface area (Å²) in [7, 11) is -1.32. The van der Waals surface area contributed by atoms with Crippen molar-refractivity contribution in [2.45, 2.75) is 52.0 Å². The Labute approximate surface area is 112 Å². The number of rotatable bonds is 7. The predicted octanol–water partition coefficient (Wildman–Crippen LogP) is 1.83. The van der Waals surface area contributed by atoms with Crippen molar-refractivity contribution in [2.75, 3.05) is 25.9 Å². The molecule has 108 valence electrons. The van der Waals surface area contributed by atoms with Crippen molar-refractivity contribution in [1.29, 1.82) is 0 Å². The van der Waals surface area contributed by atoms with E-state index in [1.54, 1.807) is 11.4 Å². The van der Waals surface area contributed by atoms with Crippen molar-refractivity contribution in [3.05, 3.63) is 0 Å². The summed E-state index contributed by atoms with van der Waals surface area (Å²) < 4.78 is 26.0. The van der Waals surface area contributed by atoms with Crippen LogP contribution < -0.4 is 5.32 Å². The second-order valence-electron chi connectivity index (χ2n) is 5.46. The van der Waals surface area contributed by atoms with Gasteiger partial charge in [-0.15, -0.1) is 0 Å². The van der Waals surface area contributed by atoms with Crippen LogP contribution in [0.3, 0.4) is 0 Å². The Hall–Kier alpha value is -0.130. The maximum absolute atomic E-state index is 12.2. The highest BCUT2D eigenvalue weighted by atomic mass is 32.2. The first-order chi connectivity index (χ1) is 8.47. The van der Waals surface area contributed by atoms with E-state index in [1.807, 2.05) is 6.92 Å². The fraction of sp³-hybridized carbons (Fsp3) is 1.00. The standard InChI is InChI=1S/C13H28N2O2S/c1-4-14-9-6-10-18(16,17)15(3)13-8-5-7-12(2)11-13/h12-14H,4-11H2,1-3H3. The molecule has 0 heterocycles. The van der Waals surface area contributed by atoms with Crippen LogP contribution in [0, 0.1) is 5.92 Å². The highest BCUT2D eigenvalue weighted by molar-refractivity contribution is 7.89. The molecule has 4 nitrogen and oxygen atoms in total. The molecule has 0 aromatic carbocycles. The summed E-state index contributed by atoms with van der Waals surface area (Å²) in [6, 6.07) is 0.220. The quantitative estimate of drug-likeness (QED) is 0.722. The summed E-state index contributed by atoms with van der Waals surface area (Å²) in [4.78, 5) is 0. The van der Waals surface area contributed by atoms with Gasteiger partial charge < -0.3 is 5.32 Å². The van der Waals surface area contributed by atoms with Crippen molar-refractivity contribution < 1.29 is 8.42 Å². The molecule has 18 heavy (non-hydrogen) atoms. The SMILES string of the molecule is CCNCCCS(=O)(=O)N(C)C1CCCC(C)C1. The second-order valence-corrected chi connectivity index (χ2v) is 7.61. The fourth-order valence-electron chi connectivity index (χ4n) is 2.66. The molecule has 2 unspecified atom stereocenters. The average Bonchev–Trinajstić information content (AvgIpc) is 2.34. The van der Waals surface area contributed by atoms with E-state index >= 15 is 0 Å². The Morgan fingerprint density at radius 2 is 2.06 bits per heavy atom. The van der Waals surface area contributed by atoms with Gasteiger partial charge in [0.15, 0.2) is 0 Å². The van der Waals surface area contributed by atoms with Gasteiger partial charge in [-0.05, 0) is 38.3 Å². The Morgan fingerprint density at radius 1 is 1.33 bits per heavy atom. The highest BCUT2D eigenvalue weighted by Gasteiger charge is 2.29. The highest BCUT2D eigenvalue weighted by Crippen LogP contribution is 2.28. The van der Waals surface area contributed by atoms with Crippen molar-refractivity contribution in [3.8, 4) is 0 Å². The number of hydrogen-bond donors (Lipinski definition) is 1. The average molecular weight is 276 g/mol. The van der Waals surface area contributed by atoms with Gasteiger partial charge in [-0.25, -0.2) is 12.7 Å². The maximum atomic E-state index is 12.2. The van der Waals surface area contributed by atoms with E-state index < -0.39 is 10.0 Å². The molecule has 1 aliphatic rings. The summed E-state index contributed by atoms with van der Waals surface area (Å²) in [5.74, 6) is 0.921. The van der Waals surface area contributed by atoms with E-state index in [0.29, 0.717) is 12.3 Å². The Kier molecular flexibility index (Phi) is 6.60. The molecule has 1 N–H and O–H groups in total. The topological polar surface area (TPSA) is 49.4 Å². The zero-order valence-electron chi connectivity index (χ0n) is 12.0. The van der Waals surface area contributed by atoms with Gasteiger partial charge in [0.05, 0.1) is 5.75 Å². The number of hydrogen-bond acceptors (Lipinski definition) is 3. The van der Waals surface area contributed by atoms with E-state index in [4.69, 9.17) is 0 Å². The van der Waals surface area contributed by atoms with Crippen LogP contribution in [0.1, 0.15) is 46.0 Å². The van der Waals surface area contributed by atoms with E-state index in [9.17, 15) is 8.42 Å². The summed E-state index contributed by atoms with van der Waals surface area (Å²) in [6.45, 7) is 5.93. The van der Waals surface area contributed by atoms with Gasteiger partial charge in [-0.2, -0.15) is 0 Å². The van der Waals surface area contributed by atoms with Gasteiger partial charge in [0.25, 0.3) is 0 Å². The largest absolute Gasteiger partial charge is 0.317 e. The molecule has 0 bridgehead atoms. The van der Waals surface area contributed by atoms with Gasteiger partial charge in [0.1, 0.15) is 0 Å². The van der Waals surface area contributed by atoms with Crippen molar-refractivity contribution in [2.24, 2.45) is 5.92 Å². The third-order valence-electron chi connectivity index (χ3n) is 3.87. The minimum absolute atomic E-state index is 0.220. The Bertz CT molecular complexity index is 330. The zero-order chi connectivity index (χ0) is 13.6. The van der Waals surface area contributed by atoms with E-state index in [2.05, 4.69) is 12.2 Å². The molecule has 0 aromatic rings. The lowest BCUT2D eigenvalue weighted by Crippen LogP contribution is -2.41. The number of nitrogens with zero attached hydrogens (tertiary/aromatic N) is 1. The molecule has 0 amide bonds. The third-order valence-corrected chi connectivity index (χ3v) is 5.85. The van der Waals surface area contributed by atoms with Gasteiger partial charge >= 0.3 is 0 Å². The Balaban J connectivity index is 2.45. The molecular formula is C13H28N2O2S. The van der Waals surface area contributed by atoms with Crippen molar-refractivity contribution in [3.63, 3.8) is 0 Å². The van der Waals surface area contributed by atoms with E-state index in [0.717, 1.165) is 32.4 Å². The number of nitrogens with one attached hydrogen (secondary N) is 1. The summed E-state index contributed by atoms with van der Waals surface area (Å²) in [5, 5.41) is 3.16. The van der Waals surface area contributed by atoms with Crippen LogP contribution in [0.5, 0.6) is 0 Å². The molecule has 1 fully saturated rings. The predicted molar refractivity (Wildman–Crippen MR) is 76.1 cm³/mol. The van der Waals surface area contributed by atoms with Crippen molar-refractivity contribution >= 4 is 10.0 Å². The number of sulfonamides is 1. The maximum Gasteiger partial charge on any atom is 0.214 e. The molecule has 0 saturated heterocycles. The first kappa shape index (κ1) is 15.9. The molecular weight excluding hydrogens is 248 g/mol. The van der Waals surface area contributed by atoms with Crippen LogP contribution in [-0.2, 0) is 10.0 Å². The van der Waals surface area contributed by atoms with Gasteiger partial charge in [0.2, 0.25) is 10.0 Å². The lowest BCUT2D eigenvalue weighted by atomic mass is 9.87. The normalized spacial score (nSPS) is 25.6. The van der Waals surface area contributed by atoms with Gasteiger partial charge in [-0.1, -0.05) is 26.7 Å².